The lowest BCUT2D eigenvalue weighted by molar-refractivity contribution is -0.129. The molecule has 4 rings (SSSR count). The molecule has 2 fully saturated rings. The molecule has 2 aliphatic heterocycles. The summed E-state index contributed by atoms with van der Waals surface area (Å²) in [4.78, 5) is 28.6. The van der Waals surface area contributed by atoms with E-state index in [2.05, 4.69) is 16.9 Å². The number of thiazole rings is 1. The number of hydrogen-bond donors (Lipinski definition) is 0. The number of carbonyl (C=O) groups excluding carboxylic acids is 1. The van der Waals surface area contributed by atoms with E-state index in [0.29, 0.717) is 11.9 Å². The van der Waals surface area contributed by atoms with Gasteiger partial charge in [-0.15, -0.1) is 11.3 Å². The molecule has 2 aromatic heterocycles. The number of aryl methyl sites for hydroxylation is 2. The molecule has 0 N–H and O–H groups in total. The van der Waals surface area contributed by atoms with Crippen molar-refractivity contribution in [3.05, 3.63) is 28.5 Å². The summed E-state index contributed by atoms with van der Waals surface area (Å²) in [5.41, 5.74) is 3.23. The fraction of sp³-hybridized carbons (Fsp3) is 0.619. The molecule has 0 unspecified atom stereocenters. The number of rotatable bonds is 7. The lowest BCUT2D eigenvalue weighted by Crippen LogP contribution is -2.40. The Labute approximate surface area is 190 Å². The van der Waals surface area contributed by atoms with Gasteiger partial charge < -0.3 is 9.64 Å². The van der Waals surface area contributed by atoms with E-state index in [4.69, 9.17) is 9.72 Å². The second-order valence-electron chi connectivity index (χ2n) is 7.89. The molecule has 30 heavy (non-hydrogen) atoms. The van der Waals surface area contributed by atoms with E-state index < -0.39 is 0 Å². The molecule has 0 saturated carbocycles. The van der Waals surface area contributed by atoms with E-state index in [9.17, 15) is 4.79 Å². The van der Waals surface area contributed by atoms with Crippen LogP contribution in [0.1, 0.15) is 48.6 Å². The molecular weight excluding hydrogens is 436 g/mol. The average Bonchev–Trinajstić information content (AvgIpc) is 3.43. The van der Waals surface area contributed by atoms with Crippen molar-refractivity contribution < 1.29 is 9.53 Å². The Morgan fingerprint density at radius 2 is 2.17 bits per heavy atom. The predicted molar refractivity (Wildman–Crippen MR) is 123 cm³/mol. The molecule has 0 aliphatic carbocycles. The Hall–Kier alpha value is -1.16. The molecule has 1 amide bonds. The van der Waals surface area contributed by atoms with Crippen molar-refractivity contribution in [1.29, 1.82) is 0 Å². The molecule has 4 heterocycles. The van der Waals surface area contributed by atoms with Gasteiger partial charge in [-0.3, -0.25) is 4.79 Å². The van der Waals surface area contributed by atoms with Gasteiger partial charge in [-0.25, -0.2) is 15.0 Å². The quantitative estimate of drug-likeness (QED) is 0.446. The van der Waals surface area contributed by atoms with Crippen molar-refractivity contribution in [1.82, 2.24) is 19.9 Å². The minimum absolute atomic E-state index is 0.192. The topological polar surface area (TPSA) is 68.2 Å². The van der Waals surface area contributed by atoms with Crippen LogP contribution in [-0.2, 0) is 9.53 Å². The maximum absolute atomic E-state index is 12.8. The maximum Gasteiger partial charge on any atom is 0.233 e. The van der Waals surface area contributed by atoms with Gasteiger partial charge in [0.1, 0.15) is 0 Å². The molecule has 0 aromatic carbocycles. The van der Waals surface area contributed by atoms with E-state index in [1.807, 2.05) is 23.4 Å². The largest absolute Gasteiger partial charge is 0.377 e. The lowest BCUT2D eigenvalue weighted by Gasteiger charge is -2.33. The van der Waals surface area contributed by atoms with Crippen LogP contribution >= 0.6 is 34.9 Å². The zero-order valence-corrected chi connectivity index (χ0v) is 20.0. The van der Waals surface area contributed by atoms with Gasteiger partial charge in [0.2, 0.25) is 5.91 Å². The van der Waals surface area contributed by atoms with Gasteiger partial charge >= 0.3 is 0 Å². The molecule has 162 valence electrons. The minimum atomic E-state index is 0.192. The Balaban J connectivity index is 1.35. The highest BCUT2D eigenvalue weighted by Crippen LogP contribution is 2.30. The number of thioether (sulfide) groups is 2. The van der Waals surface area contributed by atoms with Crippen molar-refractivity contribution in [2.75, 3.05) is 31.2 Å². The first-order chi connectivity index (χ1) is 14.6. The number of piperidine rings is 1. The summed E-state index contributed by atoms with van der Waals surface area (Å²) in [6.07, 6.45) is 6.61. The van der Waals surface area contributed by atoms with Crippen molar-refractivity contribution in [2.45, 2.75) is 61.0 Å². The highest BCUT2D eigenvalue weighted by Gasteiger charge is 2.27. The van der Waals surface area contributed by atoms with Crippen LogP contribution in [0.3, 0.4) is 0 Å². The number of ether oxygens (including phenoxy) is 1. The maximum atomic E-state index is 12.8. The average molecular weight is 465 g/mol. The third kappa shape index (κ3) is 5.75. The van der Waals surface area contributed by atoms with Crippen LogP contribution in [-0.4, -0.2) is 63.1 Å². The Kier molecular flexibility index (Phi) is 7.67. The Morgan fingerprint density at radius 3 is 2.93 bits per heavy atom. The Bertz CT molecular complexity index is 870. The van der Waals surface area contributed by atoms with Crippen LogP contribution in [0.2, 0.25) is 0 Å². The molecule has 0 radical (unpaired) electrons. The fourth-order valence-corrected chi connectivity index (χ4v) is 6.54. The first kappa shape index (κ1) is 22.0. The molecule has 2 aliphatic rings. The highest BCUT2D eigenvalue weighted by atomic mass is 32.2. The SMILES string of the molecule is Cc1csc(SCC(=O)N2CCC[C@@H](c3nc(SC[C@@H]4CCCO4)ncc3C)C2)n1. The van der Waals surface area contributed by atoms with Gasteiger partial charge in [-0.2, -0.15) is 0 Å². The van der Waals surface area contributed by atoms with Crippen molar-refractivity contribution in [3.63, 3.8) is 0 Å². The minimum Gasteiger partial charge on any atom is -0.377 e. The van der Waals surface area contributed by atoms with E-state index in [-0.39, 0.29) is 11.8 Å². The molecule has 2 atom stereocenters. The van der Waals surface area contributed by atoms with E-state index in [1.165, 1.54) is 11.8 Å². The van der Waals surface area contributed by atoms with Crippen molar-refractivity contribution in [2.24, 2.45) is 0 Å². The molecular formula is C21H28N4O2S3. The summed E-state index contributed by atoms with van der Waals surface area (Å²) in [5.74, 6) is 1.83. The smallest absolute Gasteiger partial charge is 0.233 e. The third-order valence-corrected chi connectivity index (χ3v) is 8.61. The lowest BCUT2D eigenvalue weighted by atomic mass is 9.92. The normalized spacial score (nSPS) is 21.9. The summed E-state index contributed by atoms with van der Waals surface area (Å²) < 4.78 is 6.68. The van der Waals surface area contributed by atoms with Gasteiger partial charge in [0.25, 0.3) is 0 Å². The van der Waals surface area contributed by atoms with Crippen LogP contribution in [0.15, 0.2) is 21.1 Å². The second-order valence-corrected chi connectivity index (χ2v) is 11.0. The predicted octanol–water partition coefficient (Wildman–Crippen LogP) is 4.32. The van der Waals surface area contributed by atoms with Crippen LogP contribution in [0.4, 0.5) is 0 Å². The van der Waals surface area contributed by atoms with Crippen molar-refractivity contribution in [3.8, 4) is 0 Å². The molecule has 0 bridgehead atoms. The van der Waals surface area contributed by atoms with Gasteiger partial charge in [0.15, 0.2) is 9.50 Å². The molecule has 6 nitrogen and oxygen atoms in total. The first-order valence-electron chi connectivity index (χ1n) is 10.5. The number of carbonyl (C=O) groups is 1. The van der Waals surface area contributed by atoms with E-state index >= 15 is 0 Å². The fourth-order valence-electron chi connectivity index (χ4n) is 3.90. The summed E-state index contributed by atoms with van der Waals surface area (Å²) in [6, 6.07) is 0. The summed E-state index contributed by atoms with van der Waals surface area (Å²) in [7, 11) is 0. The zero-order chi connectivity index (χ0) is 20.9. The van der Waals surface area contributed by atoms with Gasteiger partial charge in [-0.1, -0.05) is 23.5 Å². The van der Waals surface area contributed by atoms with Crippen LogP contribution in [0.25, 0.3) is 0 Å². The Morgan fingerprint density at radius 1 is 1.27 bits per heavy atom. The number of aromatic nitrogens is 3. The van der Waals surface area contributed by atoms with E-state index in [0.717, 1.165) is 77.6 Å². The van der Waals surface area contributed by atoms with Crippen LogP contribution in [0, 0.1) is 13.8 Å². The first-order valence-corrected chi connectivity index (χ1v) is 13.3. The summed E-state index contributed by atoms with van der Waals surface area (Å²) >= 11 is 4.83. The molecule has 0 spiro atoms. The zero-order valence-electron chi connectivity index (χ0n) is 17.5. The number of nitrogens with zero attached hydrogens (tertiary/aromatic N) is 4. The standard InChI is InChI=1S/C21H28N4O2S3/c1-14-9-22-20(28-12-17-6-4-8-27-17)24-19(14)16-5-3-7-25(10-16)18(26)13-30-21-23-15(2)11-29-21/h9,11,16-17H,3-8,10,12-13H2,1-2H3/t16-,17+/m1/s1. The number of amides is 1. The van der Waals surface area contributed by atoms with E-state index in [1.54, 1.807) is 23.1 Å². The molecule has 2 saturated heterocycles. The van der Waals surface area contributed by atoms with Gasteiger partial charge in [-0.05, 0) is 45.1 Å². The van der Waals surface area contributed by atoms with Gasteiger partial charge in [0, 0.05) is 48.6 Å². The summed E-state index contributed by atoms with van der Waals surface area (Å²) in [5, 5.41) is 2.85. The third-order valence-electron chi connectivity index (χ3n) is 5.49. The molecule has 2 aromatic rings. The monoisotopic (exact) mass is 464 g/mol. The van der Waals surface area contributed by atoms with Gasteiger partial charge in [0.05, 0.1) is 17.6 Å². The second kappa shape index (κ2) is 10.4. The summed E-state index contributed by atoms with van der Waals surface area (Å²) in [6.45, 7) is 6.50. The molecule has 9 heteroatoms. The van der Waals surface area contributed by atoms with Crippen LogP contribution in [0.5, 0.6) is 0 Å². The number of hydrogen-bond acceptors (Lipinski definition) is 8. The highest BCUT2D eigenvalue weighted by molar-refractivity contribution is 8.01. The van der Waals surface area contributed by atoms with Crippen molar-refractivity contribution >= 4 is 40.8 Å². The number of likely N-dealkylation sites (tertiary alicyclic amines) is 1. The van der Waals surface area contributed by atoms with Crippen LogP contribution < -0.4 is 0 Å².